The van der Waals surface area contributed by atoms with E-state index in [4.69, 9.17) is 5.26 Å². The number of rotatable bonds is 5. The first kappa shape index (κ1) is 19.7. The summed E-state index contributed by atoms with van der Waals surface area (Å²) in [5.41, 5.74) is 0.313. The van der Waals surface area contributed by atoms with Crippen molar-refractivity contribution in [3.8, 4) is 6.07 Å². The van der Waals surface area contributed by atoms with Gasteiger partial charge >= 0.3 is 6.18 Å². The van der Waals surface area contributed by atoms with E-state index < -0.39 is 23.7 Å². The summed E-state index contributed by atoms with van der Waals surface area (Å²) in [6, 6.07) is 0.191. The second kappa shape index (κ2) is 7.14. The van der Waals surface area contributed by atoms with Crippen LogP contribution in [0.25, 0.3) is 0 Å². The maximum absolute atomic E-state index is 12.5. The van der Waals surface area contributed by atoms with E-state index in [0.717, 1.165) is 18.6 Å². The lowest BCUT2D eigenvalue weighted by Gasteiger charge is -2.49. The van der Waals surface area contributed by atoms with Crippen molar-refractivity contribution in [2.24, 2.45) is 0 Å². The Bertz CT molecular complexity index is 900. The van der Waals surface area contributed by atoms with Gasteiger partial charge in [0.25, 0.3) is 5.91 Å². The van der Waals surface area contributed by atoms with Crippen LogP contribution in [0.3, 0.4) is 0 Å². The van der Waals surface area contributed by atoms with Gasteiger partial charge in [0.2, 0.25) is 0 Å². The summed E-state index contributed by atoms with van der Waals surface area (Å²) >= 11 is 0. The van der Waals surface area contributed by atoms with Crippen LogP contribution in [0.4, 0.5) is 19.0 Å². The smallest absolute Gasteiger partial charge is 0.350 e. The Labute approximate surface area is 159 Å². The highest BCUT2D eigenvalue weighted by Gasteiger charge is 2.46. The zero-order valence-corrected chi connectivity index (χ0v) is 15.2. The third-order valence-electron chi connectivity index (χ3n) is 4.61. The van der Waals surface area contributed by atoms with Gasteiger partial charge in [0.05, 0.1) is 24.9 Å². The van der Waals surface area contributed by atoms with Crippen LogP contribution in [0, 0.1) is 11.3 Å². The summed E-state index contributed by atoms with van der Waals surface area (Å²) in [6.45, 7) is 1.81. The molecule has 0 unspecified atom stereocenters. The highest BCUT2D eigenvalue weighted by Crippen LogP contribution is 2.34. The zero-order valence-electron chi connectivity index (χ0n) is 15.2. The number of amides is 1. The van der Waals surface area contributed by atoms with Gasteiger partial charge in [-0.2, -0.15) is 23.5 Å². The molecule has 8 nitrogen and oxygen atoms in total. The van der Waals surface area contributed by atoms with Crippen molar-refractivity contribution < 1.29 is 18.0 Å². The van der Waals surface area contributed by atoms with Crippen LogP contribution in [-0.4, -0.2) is 58.8 Å². The molecule has 0 aliphatic carbocycles. The number of carbonyl (C=O) groups is 1. The molecule has 1 fully saturated rings. The molecule has 1 aliphatic rings. The number of anilines is 1. The molecule has 146 valence electrons. The number of hydrogen-bond acceptors (Lipinski definition) is 6. The van der Waals surface area contributed by atoms with Gasteiger partial charge in [0, 0.05) is 25.5 Å². The SMILES string of the molecule is Bc1cnn(C2(CC#N)CN(c3cnc(C(=O)N[C@@H](C)C(F)(F)F)cn3)C2)c1. The Morgan fingerprint density at radius 1 is 1.39 bits per heavy atom. The lowest BCUT2D eigenvalue weighted by molar-refractivity contribution is -0.149. The maximum Gasteiger partial charge on any atom is 0.408 e. The van der Waals surface area contributed by atoms with E-state index in [-0.39, 0.29) is 12.1 Å². The Morgan fingerprint density at radius 3 is 2.61 bits per heavy atom. The first-order chi connectivity index (χ1) is 13.1. The molecule has 1 saturated heterocycles. The van der Waals surface area contributed by atoms with Crippen LogP contribution in [0.15, 0.2) is 24.8 Å². The van der Waals surface area contributed by atoms with Gasteiger partial charge in [-0.25, -0.2) is 9.97 Å². The predicted octanol–water partition coefficient (Wildman–Crippen LogP) is -0.259. The summed E-state index contributed by atoms with van der Waals surface area (Å²) in [4.78, 5) is 21.8. The normalized spacial score (nSPS) is 16.8. The quantitative estimate of drug-likeness (QED) is 0.706. The molecule has 0 saturated carbocycles. The summed E-state index contributed by atoms with van der Waals surface area (Å²) in [5.74, 6) is -0.476. The third kappa shape index (κ3) is 3.78. The molecule has 1 atom stereocenters. The number of nitrogens with zero attached hydrogens (tertiary/aromatic N) is 6. The fourth-order valence-corrected chi connectivity index (χ4v) is 2.94. The van der Waals surface area contributed by atoms with Gasteiger partial charge < -0.3 is 10.2 Å². The monoisotopic (exact) mass is 391 g/mol. The van der Waals surface area contributed by atoms with Gasteiger partial charge in [-0.3, -0.25) is 9.48 Å². The van der Waals surface area contributed by atoms with Gasteiger partial charge in [0.15, 0.2) is 0 Å². The number of aromatic nitrogens is 4. The van der Waals surface area contributed by atoms with Gasteiger partial charge in [0.1, 0.15) is 30.9 Å². The van der Waals surface area contributed by atoms with Crippen molar-refractivity contribution in [3.05, 3.63) is 30.5 Å². The highest BCUT2D eigenvalue weighted by atomic mass is 19.4. The highest BCUT2D eigenvalue weighted by molar-refractivity contribution is 6.31. The summed E-state index contributed by atoms with van der Waals surface area (Å²) in [6.07, 6.45) is 1.80. The van der Waals surface area contributed by atoms with Crippen molar-refractivity contribution in [1.82, 2.24) is 25.1 Å². The van der Waals surface area contributed by atoms with Crippen LogP contribution in [-0.2, 0) is 5.54 Å². The van der Waals surface area contributed by atoms with E-state index in [2.05, 4.69) is 21.1 Å². The van der Waals surface area contributed by atoms with Crippen LogP contribution in [0.5, 0.6) is 0 Å². The molecular formula is C16H17BF3N7O. The van der Waals surface area contributed by atoms with Crippen LogP contribution in [0.1, 0.15) is 23.8 Å². The number of alkyl halides is 3. The van der Waals surface area contributed by atoms with Crippen molar-refractivity contribution in [2.45, 2.75) is 31.1 Å². The van der Waals surface area contributed by atoms with E-state index in [1.807, 2.05) is 24.3 Å². The molecule has 0 spiro atoms. The Hall–Kier alpha value is -3.10. The molecule has 1 amide bonds. The molecular weight excluding hydrogens is 374 g/mol. The van der Waals surface area contributed by atoms with E-state index in [9.17, 15) is 18.0 Å². The second-order valence-corrected chi connectivity index (χ2v) is 6.87. The van der Waals surface area contributed by atoms with E-state index >= 15 is 0 Å². The van der Waals surface area contributed by atoms with Crippen LogP contribution < -0.4 is 15.7 Å². The summed E-state index contributed by atoms with van der Waals surface area (Å²) in [5, 5.41) is 15.3. The standard InChI is InChI=1S/C16H17BF3N7O/c1-10(16(18,19)20)25-14(28)12-5-23-13(6-22-12)26-8-15(9-26,2-3-21)27-7-11(17)4-24-27/h4-7,10H,2,8-9,17H2,1H3,(H,25,28)/t10-/m0/s1. The lowest BCUT2D eigenvalue weighted by Crippen LogP contribution is -2.63. The average Bonchev–Trinajstić information content (AvgIpc) is 3.03. The minimum absolute atomic E-state index is 0.202. The average molecular weight is 391 g/mol. The third-order valence-corrected chi connectivity index (χ3v) is 4.61. The van der Waals surface area contributed by atoms with Crippen molar-refractivity contribution in [3.63, 3.8) is 0 Å². The molecule has 3 rings (SSSR count). The summed E-state index contributed by atoms with van der Waals surface area (Å²) < 4.78 is 39.4. The number of carbonyl (C=O) groups excluding carboxylic acids is 1. The molecule has 1 aliphatic heterocycles. The lowest BCUT2D eigenvalue weighted by atomic mass is 9.86. The molecule has 2 aromatic rings. The Balaban J connectivity index is 1.67. The first-order valence-corrected chi connectivity index (χ1v) is 8.48. The van der Waals surface area contributed by atoms with Crippen LogP contribution >= 0.6 is 0 Å². The zero-order chi connectivity index (χ0) is 20.5. The first-order valence-electron chi connectivity index (χ1n) is 8.48. The molecule has 28 heavy (non-hydrogen) atoms. The fraction of sp³-hybridized carbons (Fsp3) is 0.438. The maximum atomic E-state index is 12.5. The molecule has 0 aromatic carbocycles. The molecule has 12 heteroatoms. The van der Waals surface area contributed by atoms with Crippen molar-refractivity contribution in [2.75, 3.05) is 18.0 Å². The van der Waals surface area contributed by atoms with Gasteiger partial charge in [-0.05, 0) is 6.92 Å². The predicted molar refractivity (Wildman–Crippen MR) is 95.8 cm³/mol. The van der Waals surface area contributed by atoms with E-state index in [1.165, 1.54) is 6.20 Å². The van der Waals surface area contributed by atoms with E-state index in [1.54, 1.807) is 10.9 Å². The Morgan fingerprint density at radius 2 is 2.11 bits per heavy atom. The summed E-state index contributed by atoms with van der Waals surface area (Å²) in [7, 11) is 1.91. The molecule has 1 N–H and O–H groups in total. The molecule has 2 aromatic heterocycles. The minimum atomic E-state index is -4.53. The second-order valence-electron chi connectivity index (χ2n) is 6.87. The topological polar surface area (TPSA) is 99.7 Å². The number of nitrogens with one attached hydrogen (secondary N) is 1. The van der Waals surface area contributed by atoms with E-state index in [0.29, 0.717) is 18.9 Å². The number of hydrogen-bond donors (Lipinski definition) is 1. The number of halogens is 3. The minimum Gasteiger partial charge on any atom is -0.350 e. The largest absolute Gasteiger partial charge is 0.408 e. The molecule has 0 bridgehead atoms. The van der Waals surface area contributed by atoms with Crippen LogP contribution in [0.2, 0.25) is 0 Å². The van der Waals surface area contributed by atoms with Crippen molar-refractivity contribution >= 4 is 25.0 Å². The van der Waals surface area contributed by atoms with Crippen molar-refractivity contribution in [1.29, 1.82) is 5.26 Å². The van der Waals surface area contributed by atoms with Gasteiger partial charge in [-0.1, -0.05) is 5.46 Å². The molecule has 0 radical (unpaired) electrons. The van der Waals surface area contributed by atoms with Gasteiger partial charge in [-0.15, -0.1) is 0 Å². The number of nitriles is 1. The fourth-order valence-electron chi connectivity index (χ4n) is 2.94. The Kier molecular flexibility index (Phi) is 5.01. The molecule has 3 heterocycles.